The van der Waals surface area contributed by atoms with Crippen molar-refractivity contribution < 1.29 is 28.7 Å². The third-order valence-corrected chi connectivity index (χ3v) is 6.11. The van der Waals surface area contributed by atoms with E-state index in [2.05, 4.69) is 0 Å². The van der Waals surface area contributed by atoms with Crippen LogP contribution in [0.25, 0.3) is 10.8 Å². The third-order valence-electron chi connectivity index (χ3n) is 4.52. The predicted molar refractivity (Wildman–Crippen MR) is 103 cm³/mol. The summed E-state index contributed by atoms with van der Waals surface area (Å²) in [5.74, 6) is -0.709. The van der Waals surface area contributed by atoms with Crippen LogP contribution in [0, 0.1) is 0 Å². The first-order valence-corrected chi connectivity index (χ1v) is 9.57. The SMILES string of the molecule is COc1ccc2ccccc2c1S(=O)c1c(O)ccc(O)c1[C@@H]1C=CC(=O)O1. The molecular weight excluding hydrogens is 380 g/mol. The molecule has 1 unspecified atom stereocenters. The summed E-state index contributed by atoms with van der Waals surface area (Å²) in [5, 5.41) is 22.4. The average molecular weight is 396 g/mol. The quantitative estimate of drug-likeness (QED) is 0.517. The van der Waals surface area contributed by atoms with E-state index in [1.54, 1.807) is 12.1 Å². The molecular formula is C21H16O6S. The van der Waals surface area contributed by atoms with Gasteiger partial charge in [0, 0.05) is 11.5 Å². The van der Waals surface area contributed by atoms with E-state index in [4.69, 9.17) is 9.47 Å². The molecule has 0 saturated heterocycles. The molecule has 1 aliphatic rings. The number of phenols is 2. The maximum Gasteiger partial charge on any atom is 0.331 e. The highest BCUT2D eigenvalue weighted by atomic mass is 32.2. The molecule has 0 saturated carbocycles. The van der Waals surface area contributed by atoms with Gasteiger partial charge in [-0.15, -0.1) is 0 Å². The topological polar surface area (TPSA) is 93.1 Å². The fourth-order valence-corrected chi connectivity index (χ4v) is 4.85. The highest BCUT2D eigenvalue weighted by Crippen LogP contribution is 2.44. The van der Waals surface area contributed by atoms with Gasteiger partial charge in [0.15, 0.2) is 6.10 Å². The summed E-state index contributed by atoms with van der Waals surface area (Å²) in [6.45, 7) is 0. The molecule has 7 heteroatoms. The number of aromatic hydroxyl groups is 2. The Morgan fingerprint density at radius 2 is 1.75 bits per heavy atom. The van der Waals surface area contributed by atoms with E-state index < -0.39 is 22.9 Å². The summed E-state index contributed by atoms with van der Waals surface area (Å²) in [5.41, 5.74) is 0.0791. The Kier molecular flexibility index (Phi) is 4.52. The molecule has 2 N–H and O–H groups in total. The number of carbonyl (C=O) groups excluding carboxylic acids is 1. The lowest BCUT2D eigenvalue weighted by Gasteiger charge is -2.18. The normalized spacial score (nSPS) is 16.9. The Balaban J connectivity index is 1.98. The fourth-order valence-electron chi connectivity index (χ4n) is 3.25. The van der Waals surface area contributed by atoms with Crippen molar-refractivity contribution in [3.05, 3.63) is 66.2 Å². The Morgan fingerprint density at radius 1 is 1.00 bits per heavy atom. The lowest BCUT2D eigenvalue weighted by Crippen LogP contribution is -2.07. The smallest absolute Gasteiger partial charge is 0.331 e. The van der Waals surface area contributed by atoms with E-state index in [1.165, 1.54) is 31.4 Å². The van der Waals surface area contributed by atoms with Crippen LogP contribution in [0.5, 0.6) is 17.2 Å². The van der Waals surface area contributed by atoms with E-state index in [9.17, 15) is 19.2 Å². The third kappa shape index (κ3) is 2.90. The summed E-state index contributed by atoms with van der Waals surface area (Å²) < 4.78 is 24.2. The number of rotatable bonds is 4. The van der Waals surface area contributed by atoms with Crippen molar-refractivity contribution in [3.63, 3.8) is 0 Å². The minimum atomic E-state index is -1.93. The minimum Gasteiger partial charge on any atom is -0.507 e. The number of esters is 1. The second-order valence-electron chi connectivity index (χ2n) is 6.15. The molecule has 1 aliphatic heterocycles. The van der Waals surface area contributed by atoms with Crippen molar-refractivity contribution in [1.29, 1.82) is 0 Å². The van der Waals surface area contributed by atoms with E-state index in [-0.39, 0.29) is 22.0 Å². The molecule has 4 rings (SSSR count). The number of methoxy groups -OCH3 is 1. The molecule has 0 amide bonds. The van der Waals surface area contributed by atoms with Gasteiger partial charge in [-0.1, -0.05) is 30.3 Å². The van der Waals surface area contributed by atoms with Crippen LogP contribution in [0.1, 0.15) is 11.7 Å². The van der Waals surface area contributed by atoms with Gasteiger partial charge in [-0.2, -0.15) is 0 Å². The van der Waals surface area contributed by atoms with Crippen molar-refractivity contribution >= 4 is 27.5 Å². The molecule has 0 spiro atoms. The molecule has 6 nitrogen and oxygen atoms in total. The summed E-state index contributed by atoms with van der Waals surface area (Å²) in [6.07, 6.45) is 1.72. The van der Waals surface area contributed by atoms with Crippen molar-refractivity contribution in [2.45, 2.75) is 15.9 Å². The first kappa shape index (κ1) is 18.1. The highest BCUT2D eigenvalue weighted by Gasteiger charge is 2.31. The molecule has 3 aromatic carbocycles. The zero-order valence-electron chi connectivity index (χ0n) is 14.8. The summed E-state index contributed by atoms with van der Waals surface area (Å²) in [6, 6.07) is 13.4. The summed E-state index contributed by atoms with van der Waals surface area (Å²) in [7, 11) is -0.466. The molecule has 3 aromatic rings. The number of carbonyl (C=O) groups is 1. The van der Waals surface area contributed by atoms with Crippen molar-refractivity contribution in [2.75, 3.05) is 7.11 Å². The van der Waals surface area contributed by atoms with E-state index >= 15 is 0 Å². The standard InChI is InChI=1S/C21H16O6S/c1-26-17-9-6-12-4-2-3-5-13(12)20(17)28(25)21-15(23)8-7-14(22)19(21)16-10-11-18(24)27-16/h2-11,16,22-23H,1H3/t16-,28?/m0/s1. The number of ether oxygens (including phenoxy) is 2. The largest absolute Gasteiger partial charge is 0.507 e. The van der Waals surface area contributed by atoms with Gasteiger partial charge < -0.3 is 19.7 Å². The van der Waals surface area contributed by atoms with Gasteiger partial charge >= 0.3 is 5.97 Å². The first-order chi connectivity index (χ1) is 13.5. The maximum absolute atomic E-state index is 13.7. The second-order valence-corrected chi connectivity index (χ2v) is 7.50. The van der Waals surface area contributed by atoms with Gasteiger partial charge in [0.2, 0.25) is 0 Å². The van der Waals surface area contributed by atoms with Crippen molar-refractivity contribution in [2.24, 2.45) is 0 Å². The van der Waals surface area contributed by atoms with Crippen LogP contribution in [0.15, 0.2) is 70.5 Å². The molecule has 142 valence electrons. The fraction of sp³-hybridized carbons (Fsp3) is 0.0952. The van der Waals surface area contributed by atoms with Gasteiger partial charge in [0.25, 0.3) is 0 Å². The molecule has 0 bridgehead atoms. The van der Waals surface area contributed by atoms with E-state index in [0.29, 0.717) is 16.0 Å². The van der Waals surface area contributed by atoms with E-state index in [1.807, 2.05) is 24.3 Å². The maximum atomic E-state index is 13.7. The number of benzene rings is 3. The van der Waals surface area contributed by atoms with Crippen LogP contribution >= 0.6 is 0 Å². The second kappa shape index (κ2) is 7.01. The Hall–Kier alpha value is -3.32. The van der Waals surface area contributed by atoms with Crippen LogP contribution < -0.4 is 4.74 Å². The predicted octanol–water partition coefficient (Wildman–Crippen LogP) is 3.58. The zero-order chi connectivity index (χ0) is 19.8. The van der Waals surface area contributed by atoms with Crippen LogP contribution in [-0.2, 0) is 20.3 Å². The molecule has 0 fully saturated rings. The summed E-state index contributed by atoms with van der Waals surface area (Å²) in [4.78, 5) is 11.8. The average Bonchev–Trinajstić information content (AvgIpc) is 3.13. The van der Waals surface area contributed by atoms with Gasteiger partial charge in [-0.3, -0.25) is 0 Å². The van der Waals surface area contributed by atoms with Gasteiger partial charge in [0.05, 0.1) is 33.3 Å². The van der Waals surface area contributed by atoms with Crippen molar-refractivity contribution in [3.8, 4) is 17.2 Å². The summed E-state index contributed by atoms with van der Waals surface area (Å²) >= 11 is 0. The molecule has 0 aliphatic carbocycles. The number of hydrogen-bond donors (Lipinski definition) is 2. The number of phenolic OH excluding ortho intramolecular Hbond substituents is 2. The monoisotopic (exact) mass is 396 g/mol. The van der Waals surface area contributed by atoms with Gasteiger partial charge in [0.1, 0.15) is 17.2 Å². The van der Waals surface area contributed by atoms with Crippen LogP contribution in [0.2, 0.25) is 0 Å². The lowest BCUT2D eigenvalue weighted by molar-refractivity contribution is -0.138. The van der Waals surface area contributed by atoms with Gasteiger partial charge in [-0.05, 0) is 29.7 Å². The molecule has 1 heterocycles. The zero-order valence-corrected chi connectivity index (χ0v) is 15.6. The first-order valence-electron chi connectivity index (χ1n) is 8.42. The molecule has 0 radical (unpaired) electrons. The number of fused-ring (bicyclic) bond motifs is 1. The van der Waals surface area contributed by atoms with Crippen molar-refractivity contribution in [1.82, 2.24) is 0 Å². The number of cyclic esters (lactones) is 1. The minimum absolute atomic E-state index is 0.0287. The highest BCUT2D eigenvalue weighted by molar-refractivity contribution is 7.85. The van der Waals surface area contributed by atoms with Crippen LogP contribution in [-0.4, -0.2) is 27.5 Å². The molecule has 28 heavy (non-hydrogen) atoms. The van der Waals surface area contributed by atoms with Gasteiger partial charge in [-0.25, -0.2) is 9.00 Å². The Morgan fingerprint density at radius 3 is 2.46 bits per heavy atom. The Labute approximate surface area is 163 Å². The van der Waals surface area contributed by atoms with Crippen LogP contribution in [0.4, 0.5) is 0 Å². The molecule has 2 atom stereocenters. The van der Waals surface area contributed by atoms with E-state index in [0.717, 1.165) is 5.39 Å². The lowest BCUT2D eigenvalue weighted by atomic mass is 10.1. The number of hydrogen-bond acceptors (Lipinski definition) is 6. The molecule has 0 aromatic heterocycles. The van der Waals surface area contributed by atoms with Crippen LogP contribution in [0.3, 0.4) is 0 Å². The Bertz CT molecular complexity index is 1150.